The van der Waals surface area contributed by atoms with Crippen LogP contribution in [0.5, 0.6) is 0 Å². The predicted octanol–water partition coefficient (Wildman–Crippen LogP) is 1.91. The van der Waals surface area contributed by atoms with Crippen molar-refractivity contribution in [2.75, 3.05) is 29.5 Å². The Kier molecular flexibility index (Phi) is 3.47. The summed E-state index contributed by atoms with van der Waals surface area (Å²) in [5, 5.41) is 9.51. The molecule has 1 aromatic rings. The summed E-state index contributed by atoms with van der Waals surface area (Å²) in [4.78, 5) is 13.1. The number of hydrogen-bond donors (Lipinski definition) is 2. The third-order valence-corrected chi connectivity index (χ3v) is 4.01. The fraction of sp³-hybridized carbons (Fsp3) is 0.417. The molecule has 1 aliphatic rings. The van der Waals surface area contributed by atoms with Gasteiger partial charge in [0.25, 0.3) is 0 Å². The molecule has 0 saturated carbocycles. The Hall–Kier alpha value is -1.36. The monoisotopic (exact) mass is 252 g/mol. The van der Waals surface area contributed by atoms with Crippen molar-refractivity contribution < 1.29 is 9.90 Å². The van der Waals surface area contributed by atoms with Crippen molar-refractivity contribution in [1.82, 2.24) is 0 Å². The number of carboxylic acids is 1. The Bertz CT molecular complexity index is 437. The zero-order valence-corrected chi connectivity index (χ0v) is 10.5. The molecule has 1 aliphatic heterocycles. The molecule has 0 radical (unpaired) electrons. The average molecular weight is 252 g/mol. The molecule has 1 aromatic carbocycles. The molecular formula is C12H16N2O2S. The van der Waals surface area contributed by atoms with Crippen LogP contribution < -0.4 is 10.6 Å². The molecule has 1 fully saturated rings. The van der Waals surface area contributed by atoms with E-state index < -0.39 is 5.97 Å². The summed E-state index contributed by atoms with van der Waals surface area (Å²) in [6.07, 6.45) is 0. The second-order valence-electron chi connectivity index (χ2n) is 4.20. The number of hydrogen-bond acceptors (Lipinski definition) is 4. The van der Waals surface area contributed by atoms with E-state index in [0.717, 1.165) is 24.5 Å². The largest absolute Gasteiger partial charge is 0.478 e. The number of carboxylic acid groups (broad SMARTS) is 1. The molecule has 1 atom stereocenters. The number of nitrogens with zero attached hydrogens (tertiary/aromatic N) is 1. The first-order valence-corrected chi connectivity index (χ1v) is 6.62. The topological polar surface area (TPSA) is 66.6 Å². The Morgan fingerprint density at radius 2 is 2.35 bits per heavy atom. The maximum atomic E-state index is 10.9. The Morgan fingerprint density at radius 1 is 1.59 bits per heavy atom. The molecular weight excluding hydrogens is 236 g/mol. The lowest BCUT2D eigenvalue weighted by Gasteiger charge is -2.32. The Labute approximate surface area is 105 Å². The number of benzene rings is 1. The summed E-state index contributed by atoms with van der Waals surface area (Å²) in [5.74, 6) is 0.124. The van der Waals surface area contributed by atoms with Crippen LogP contribution in [0.3, 0.4) is 0 Å². The molecule has 0 aliphatic carbocycles. The van der Waals surface area contributed by atoms with Crippen molar-refractivity contribution >= 4 is 29.1 Å². The lowest BCUT2D eigenvalue weighted by molar-refractivity contribution is 0.0698. The second-order valence-corrected chi connectivity index (χ2v) is 5.75. The van der Waals surface area contributed by atoms with Crippen LogP contribution in [-0.4, -0.2) is 35.2 Å². The van der Waals surface area contributed by atoms with E-state index in [2.05, 4.69) is 11.8 Å². The quantitative estimate of drug-likeness (QED) is 0.787. The van der Waals surface area contributed by atoms with Crippen molar-refractivity contribution in [3.8, 4) is 0 Å². The van der Waals surface area contributed by atoms with Crippen LogP contribution in [0.4, 0.5) is 11.4 Å². The first kappa shape index (κ1) is 12.1. The summed E-state index contributed by atoms with van der Waals surface area (Å²) in [6, 6.07) is 5.17. The fourth-order valence-corrected chi connectivity index (χ4v) is 3.01. The van der Waals surface area contributed by atoms with Gasteiger partial charge in [0, 0.05) is 35.5 Å². The highest BCUT2D eigenvalue weighted by molar-refractivity contribution is 8.00. The first-order chi connectivity index (χ1) is 8.08. The van der Waals surface area contributed by atoms with Gasteiger partial charge in [-0.3, -0.25) is 0 Å². The van der Waals surface area contributed by atoms with Gasteiger partial charge in [-0.05, 0) is 18.2 Å². The smallest absolute Gasteiger partial charge is 0.337 e. The van der Waals surface area contributed by atoms with Crippen molar-refractivity contribution in [2.24, 2.45) is 0 Å². The summed E-state index contributed by atoms with van der Waals surface area (Å²) < 4.78 is 0. The minimum Gasteiger partial charge on any atom is -0.478 e. The average Bonchev–Trinajstić information content (AvgIpc) is 2.28. The zero-order valence-electron chi connectivity index (χ0n) is 9.72. The minimum absolute atomic E-state index is 0.174. The van der Waals surface area contributed by atoms with Crippen LogP contribution in [0.1, 0.15) is 17.3 Å². The van der Waals surface area contributed by atoms with Crippen LogP contribution in [-0.2, 0) is 0 Å². The Balaban J connectivity index is 2.22. The lowest BCUT2D eigenvalue weighted by atomic mass is 10.1. The van der Waals surface area contributed by atoms with Gasteiger partial charge in [0.1, 0.15) is 0 Å². The van der Waals surface area contributed by atoms with Crippen molar-refractivity contribution in [3.05, 3.63) is 23.8 Å². The summed E-state index contributed by atoms with van der Waals surface area (Å²) in [6.45, 7) is 4.17. The van der Waals surface area contributed by atoms with Gasteiger partial charge in [-0.1, -0.05) is 6.92 Å². The third kappa shape index (κ3) is 2.66. The van der Waals surface area contributed by atoms with E-state index in [-0.39, 0.29) is 5.56 Å². The van der Waals surface area contributed by atoms with Gasteiger partial charge in [0.2, 0.25) is 0 Å². The molecule has 0 bridgehead atoms. The van der Waals surface area contributed by atoms with E-state index in [9.17, 15) is 4.79 Å². The van der Waals surface area contributed by atoms with Crippen LogP contribution in [0, 0.1) is 0 Å². The maximum absolute atomic E-state index is 10.9. The van der Waals surface area contributed by atoms with Gasteiger partial charge in [0.15, 0.2) is 0 Å². The maximum Gasteiger partial charge on any atom is 0.337 e. The summed E-state index contributed by atoms with van der Waals surface area (Å²) in [5.41, 5.74) is 7.27. The molecule has 17 heavy (non-hydrogen) atoms. The number of rotatable bonds is 2. The number of nitrogen functional groups attached to an aromatic ring is 1. The van der Waals surface area contributed by atoms with E-state index in [1.165, 1.54) is 0 Å². The van der Waals surface area contributed by atoms with Gasteiger partial charge in [-0.25, -0.2) is 4.79 Å². The number of nitrogens with two attached hydrogens (primary N) is 1. The highest BCUT2D eigenvalue weighted by atomic mass is 32.2. The molecule has 3 N–H and O–H groups in total. The van der Waals surface area contributed by atoms with Crippen LogP contribution >= 0.6 is 11.8 Å². The van der Waals surface area contributed by atoms with E-state index >= 15 is 0 Å². The van der Waals surface area contributed by atoms with Gasteiger partial charge in [-0.2, -0.15) is 11.8 Å². The number of carbonyl (C=O) groups is 1. The highest BCUT2D eigenvalue weighted by Gasteiger charge is 2.18. The molecule has 1 heterocycles. The molecule has 1 saturated heterocycles. The first-order valence-electron chi connectivity index (χ1n) is 5.57. The number of thioether (sulfide) groups is 1. The Morgan fingerprint density at radius 3 is 2.94 bits per heavy atom. The van der Waals surface area contributed by atoms with Gasteiger partial charge < -0.3 is 15.7 Å². The third-order valence-electron chi connectivity index (χ3n) is 2.87. The summed E-state index contributed by atoms with van der Waals surface area (Å²) in [7, 11) is 0. The van der Waals surface area contributed by atoms with Crippen LogP contribution in [0.2, 0.25) is 0 Å². The fourth-order valence-electron chi connectivity index (χ4n) is 1.99. The SMILES string of the molecule is CC1CN(c2ccc(C(=O)O)c(N)c2)CCS1. The van der Waals surface area contributed by atoms with E-state index in [0.29, 0.717) is 10.9 Å². The van der Waals surface area contributed by atoms with Gasteiger partial charge in [-0.15, -0.1) is 0 Å². The second kappa shape index (κ2) is 4.87. The molecule has 2 rings (SSSR count). The predicted molar refractivity (Wildman–Crippen MR) is 71.9 cm³/mol. The highest BCUT2D eigenvalue weighted by Crippen LogP contribution is 2.26. The molecule has 92 valence electrons. The van der Waals surface area contributed by atoms with Crippen LogP contribution in [0.15, 0.2) is 18.2 Å². The van der Waals surface area contributed by atoms with E-state index in [1.54, 1.807) is 12.1 Å². The standard InChI is InChI=1S/C12H16N2O2S/c1-8-7-14(4-5-17-8)9-2-3-10(12(15)16)11(13)6-9/h2-3,6,8H,4-5,7,13H2,1H3,(H,15,16). The molecule has 0 amide bonds. The van der Waals surface area contributed by atoms with Crippen LogP contribution in [0.25, 0.3) is 0 Å². The molecule has 0 aromatic heterocycles. The molecule has 4 nitrogen and oxygen atoms in total. The van der Waals surface area contributed by atoms with E-state index in [1.807, 2.05) is 17.8 Å². The molecule has 5 heteroatoms. The van der Waals surface area contributed by atoms with Gasteiger partial charge >= 0.3 is 5.97 Å². The van der Waals surface area contributed by atoms with E-state index in [4.69, 9.17) is 10.8 Å². The normalized spacial score (nSPS) is 20.3. The molecule has 0 spiro atoms. The minimum atomic E-state index is -0.975. The van der Waals surface area contributed by atoms with Gasteiger partial charge in [0.05, 0.1) is 5.56 Å². The number of anilines is 2. The summed E-state index contributed by atoms with van der Waals surface area (Å²) >= 11 is 1.96. The van der Waals surface area contributed by atoms with Crippen molar-refractivity contribution in [3.63, 3.8) is 0 Å². The zero-order chi connectivity index (χ0) is 12.4. The molecule has 1 unspecified atom stereocenters. The van der Waals surface area contributed by atoms with Crippen molar-refractivity contribution in [2.45, 2.75) is 12.2 Å². The number of aromatic carboxylic acids is 1. The lowest BCUT2D eigenvalue weighted by Crippen LogP contribution is -2.36. The van der Waals surface area contributed by atoms with Crippen molar-refractivity contribution in [1.29, 1.82) is 0 Å².